The van der Waals surface area contributed by atoms with Gasteiger partial charge in [0.1, 0.15) is 0 Å². The first-order valence-corrected chi connectivity index (χ1v) is 7.43. The van der Waals surface area contributed by atoms with Crippen LogP contribution in [0.4, 0.5) is 0 Å². The molecule has 4 nitrogen and oxygen atoms in total. The topological polar surface area (TPSA) is 33.7 Å². The standard InChI is InChI=1S/C14H28N2O2/c1-16(11-13-4-2-8-17-12-13)7-6-15-10-14-5-3-9-18-14/h13-15H,2-12H2,1H3. The maximum atomic E-state index is 5.59. The lowest BCUT2D eigenvalue weighted by molar-refractivity contribution is 0.0420. The van der Waals surface area contributed by atoms with Gasteiger partial charge in [-0.05, 0) is 38.6 Å². The minimum Gasteiger partial charge on any atom is -0.381 e. The molecule has 2 aliphatic rings. The quantitative estimate of drug-likeness (QED) is 0.692. The highest BCUT2D eigenvalue weighted by atomic mass is 16.5. The zero-order valence-electron chi connectivity index (χ0n) is 11.7. The van der Waals surface area contributed by atoms with E-state index in [1.807, 2.05) is 0 Å². The van der Waals surface area contributed by atoms with E-state index in [1.165, 1.54) is 32.2 Å². The summed E-state index contributed by atoms with van der Waals surface area (Å²) in [6.45, 7) is 7.22. The molecule has 0 radical (unpaired) electrons. The molecule has 2 unspecified atom stereocenters. The number of nitrogens with one attached hydrogen (secondary N) is 1. The smallest absolute Gasteiger partial charge is 0.0700 e. The van der Waals surface area contributed by atoms with Crippen LogP contribution in [0.1, 0.15) is 25.7 Å². The number of hydrogen-bond acceptors (Lipinski definition) is 4. The summed E-state index contributed by atoms with van der Waals surface area (Å²) in [6, 6.07) is 0. The molecule has 106 valence electrons. The Morgan fingerprint density at radius 1 is 1.22 bits per heavy atom. The van der Waals surface area contributed by atoms with Crippen LogP contribution in [0.5, 0.6) is 0 Å². The summed E-state index contributed by atoms with van der Waals surface area (Å²) in [5.74, 6) is 0.738. The Bertz CT molecular complexity index is 214. The summed E-state index contributed by atoms with van der Waals surface area (Å²) < 4.78 is 11.1. The van der Waals surface area contributed by atoms with Gasteiger partial charge in [-0.1, -0.05) is 0 Å². The molecule has 0 aromatic heterocycles. The van der Waals surface area contributed by atoms with Gasteiger partial charge in [-0.3, -0.25) is 0 Å². The summed E-state index contributed by atoms with van der Waals surface area (Å²) in [5.41, 5.74) is 0. The van der Waals surface area contributed by atoms with Crippen molar-refractivity contribution >= 4 is 0 Å². The van der Waals surface area contributed by atoms with Crippen LogP contribution in [0.15, 0.2) is 0 Å². The molecule has 0 bridgehead atoms. The molecule has 0 spiro atoms. The normalized spacial score (nSPS) is 29.0. The molecule has 0 saturated carbocycles. The van der Waals surface area contributed by atoms with Crippen molar-refractivity contribution in [1.29, 1.82) is 0 Å². The van der Waals surface area contributed by atoms with E-state index < -0.39 is 0 Å². The second kappa shape index (κ2) is 8.10. The summed E-state index contributed by atoms with van der Waals surface area (Å²) in [6.07, 6.45) is 5.47. The molecule has 0 aromatic rings. The van der Waals surface area contributed by atoms with Gasteiger partial charge in [0, 0.05) is 39.4 Å². The molecule has 2 saturated heterocycles. The fraction of sp³-hybridized carbons (Fsp3) is 1.00. The summed E-state index contributed by atoms with van der Waals surface area (Å²) >= 11 is 0. The average molecular weight is 256 g/mol. The van der Waals surface area contributed by atoms with E-state index in [0.717, 1.165) is 45.4 Å². The average Bonchev–Trinajstić information content (AvgIpc) is 2.89. The monoisotopic (exact) mass is 256 g/mol. The van der Waals surface area contributed by atoms with Gasteiger partial charge >= 0.3 is 0 Å². The first-order chi connectivity index (χ1) is 8.84. The Balaban J connectivity index is 1.47. The first kappa shape index (κ1) is 14.3. The SMILES string of the molecule is CN(CCNCC1CCCO1)CC1CCCOC1. The van der Waals surface area contributed by atoms with Gasteiger partial charge in [0.2, 0.25) is 0 Å². The van der Waals surface area contributed by atoms with Crippen LogP contribution in [0.25, 0.3) is 0 Å². The summed E-state index contributed by atoms with van der Waals surface area (Å²) in [4.78, 5) is 2.42. The van der Waals surface area contributed by atoms with Crippen LogP contribution in [-0.2, 0) is 9.47 Å². The Hall–Kier alpha value is -0.160. The van der Waals surface area contributed by atoms with Gasteiger partial charge in [0.25, 0.3) is 0 Å². The van der Waals surface area contributed by atoms with Gasteiger partial charge in [-0.2, -0.15) is 0 Å². The third kappa shape index (κ3) is 5.22. The Morgan fingerprint density at radius 3 is 2.83 bits per heavy atom. The highest BCUT2D eigenvalue weighted by Gasteiger charge is 2.16. The lowest BCUT2D eigenvalue weighted by Gasteiger charge is -2.27. The maximum Gasteiger partial charge on any atom is 0.0700 e. The number of hydrogen-bond donors (Lipinski definition) is 1. The number of nitrogens with zero attached hydrogens (tertiary/aromatic N) is 1. The first-order valence-electron chi connectivity index (χ1n) is 7.43. The predicted molar refractivity (Wildman–Crippen MR) is 72.9 cm³/mol. The van der Waals surface area contributed by atoms with Crippen LogP contribution >= 0.6 is 0 Å². The largest absolute Gasteiger partial charge is 0.381 e. The second-order valence-corrected chi connectivity index (χ2v) is 5.68. The fourth-order valence-electron chi connectivity index (χ4n) is 2.82. The minimum atomic E-state index is 0.460. The number of ether oxygens (including phenoxy) is 2. The maximum absolute atomic E-state index is 5.59. The molecule has 0 aromatic carbocycles. The molecule has 0 aliphatic carbocycles. The van der Waals surface area contributed by atoms with E-state index in [4.69, 9.17) is 9.47 Å². The van der Waals surface area contributed by atoms with E-state index >= 15 is 0 Å². The molecule has 0 amide bonds. The summed E-state index contributed by atoms with van der Waals surface area (Å²) in [5, 5.41) is 3.50. The van der Waals surface area contributed by atoms with Crippen LogP contribution in [0.3, 0.4) is 0 Å². The Labute approximate surface area is 111 Å². The molecule has 2 heterocycles. The van der Waals surface area contributed by atoms with Crippen molar-refractivity contribution in [1.82, 2.24) is 10.2 Å². The molecule has 2 aliphatic heterocycles. The molecule has 2 fully saturated rings. The summed E-state index contributed by atoms with van der Waals surface area (Å²) in [7, 11) is 2.21. The number of likely N-dealkylation sites (N-methyl/N-ethyl adjacent to an activating group) is 1. The van der Waals surface area contributed by atoms with E-state index in [-0.39, 0.29) is 0 Å². The molecule has 18 heavy (non-hydrogen) atoms. The van der Waals surface area contributed by atoms with Crippen molar-refractivity contribution in [2.45, 2.75) is 31.8 Å². The Kier molecular flexibility index (Phi) is 6.41. The van der Waals surface area contributed by atoms with E-state index in [9.17, 15) is 0 Å². The van der Waals surface area contributed by atoms with Crippen LogP contribution in [0.2, 0.25) is 0 Å². The zero-order chi connectivity index (χ0) is 12.6. The molecular weight excluding hydrogens is 228 g/mol. The van der Waals surface area contributed by atoms with Crippen LogP contribution < -0.4 is 5.32 Å². The van der Waals surface area contributed by atoms with Gasteiger partial charge in [-0.25, -0.2) is 0 Å². The molecular formula is C14H28N2O2. The lowest BCUT2D eigenvalue weighted by Crippen LogP contribution is -2.37. The van der Waals surface area contributed by atoms with E-state index in [1.54, 1.807) is 0 Å². The van der Waals surface area contributed by atoms with E-state index in [0.29, 0.717) is 6.10 Å². The lowest BCUT2D eigenvalue weighted by atomic mass is 10.0. The minimum absolute atomic E-state index is 0.460. The van der Waals surface area contributed by atoms with Crippen molar-refractivity contribution in [2.75, 3.05) is 53.0 Å². The number of rotatable bonds is 7. The van der Waals surface area contributed by atoms with Crippen LogP contribution in [-0.4, -0.2) is 64.1 Å². The predicted octanol–water partition coefficient (Wildman–Crippen LogP) is 1.11. The van der Waals surface area contributed by atoms with Crippen LogP contribution in [0, 0.1) is 5.92 Å². The third-order valence-corrected chi connectivity index (χ3v) is 3.89. The molecule has 2 atom stereocenters. The molecule has 1 N–H and O–H groups in total. The van der Waals surface area contributed by atoms with E-state index in [2.05, 4.69) is 17.3 Å². The van der Waals surface area contributed by atoms with Crippen molar-refractivity contribution in [3.05, 3.63) is 0 Å². The van der Waals surface area contributed by atoms with Crippen molar-refractivity contribution in [3.63, 3.8) is 0 Å². The van der Waals surface area contributed by atoms with Gasteiger partial charge < -0.3 is 19.7 Å². The van der Waals surface area contributed by atoms with Gasteiger partial charge in [-0.15, -0.1) is 0 Å². The Morgan fingerprint density at radius 2 is 2.11 bits per heavy atom. The van der Waals surface area contributed by atoms with Crippen molar-refractivity contribution in [3.8, 4) is 0 Å². The molecule has 4 heteroatoms. The third-order valence-electron chi connectivity index (χ3n) is 3.89. The van der Waals surface area contributed by atoms with Crippen molar-refractivity contribution < 1.29 is 9.47 Å². The highest BCUT2D eigenvalue weighted by molar-refractivity contribution is 4.70. The highest BCUT2D eigenvalue weighted by Crippen LogP contribution is 2.14. The molecule has 2 rings (SSSR count). The van der Waals surface area contributed by atoms with Gasteiger partial charge in [0.15, 0.2) is 0 Å². The van der Waals surface area contributed by atoms with Crippen molar-refractivity contribution in [2.24, 2.45) is 5.92 Å². The fourth-order valence-corrected chi connectivity index (χ4v) is 2.82. The zero-order valence-corrected chi connectivity index (χ0v) is 11.7. The van der Waals surface area contributed by atoms with Gasteiger partial charge in [0.05, 0.1) is 12.7 Å². The second-order valence-electron chi connectivity index (χ2n) is 5.68.